The van der Waals surface area contributed by atoms with Crippen LogP contribution in [0.2, 0.25) is 0 Å². The molecule has 6 heteroatoms. The molecule has 6 nitrogen and oxygen atoms in total. The van der Waals surface area contributed by atoms with Crippen molar-refractivity contribution >= 4 is 23.2 Å². The highest BCUT2D eigenvalue weighted by Crippen LogP contribution is 2.33. The molecule has 1 N–H and O–H groups in total. The van der Waals surface area contributed by atoms with Gasteiger partial charge < -0.3 is 19.7 Å². The summed E-state index contributed by atoms with van der Waals surface area (Å²) in [5.74, 6) is 0.161. The zero-order chi connectivity index (χ0) is 18.8. The summed E-state index contributed by atoms with van der Waals surface area (Å²) >= 11 is 0. The minimum Gasteiger partial charge on any atom is -0.490 e. The van der Waals surface area contributed by atoms with Crippen molar-refractivity contribution in [3.8, 4) is 11.5 Å². The number of nitrogens with zero attached hydrogens (tertiary/aromatic N) is 1. The van der Waals surface area contributed by atoms with Crippen molar-refractivity contribution in [2.75, 3.05) is 30.0 Å². The summed E-state index contributed by atoms with van der Waals surface area (Å²) in [4.78, 5) is 27.1. The molecule has 2 aliphatic rings. The van der Waals surface area contributed by atoms with Crippen molar-refractivity contribution in [1.29, 1.82) is 0 Å². The maximum atomic E-state index is 12.7. The second-order valence-corrected chi connectivity index (χ2v) is 6.87. The molecule has 0 saturated carbocycles. The summed E-state index contributed by atoms with van der Waals surface area (Å²) in [5, 5.41) is 2.84. The number of rotatable bonds is 3. The van der Waals surface area contributed by atoms with E-state index in [1.807, 2.05) is 31.2 Å². The highest BCUT2D eigenvalue weighted by molar-refractivity contribution is 6.13. The number of carbonyl (C=O) groups is 2. The average molecular weight is 366 g/mol. The largest absolute Gasteiger partial charge is 0.490 e. The Bertz CT molecular complexity index is 863. The molecule has 2 aromatic carbocycles. The lowest BCUT2D eigenvalue weighted by atomic mass is 10.1. The van der Waals surface area contributed by atoms with Crippen LogP contribution in [0, 0.1) is 12.8 Å². The highest BCUT2D eigenvalue weighted by Gasteiger charge is 2.37. The molecule has 0 aliphatic carbocycles. The maximum absolute atomic E-state index is 12.7. The first kappa shape index (κ1) is 17.4. The molecule has 0 unspecified atom stereocenters. The quantitative estimate of drug-likeness (QED) is 0.848. The monoisotopic (exact) mass is 366 g/mol. The van der Waals surface area contributed by atoms with E-state index < -0.39 is 5.92 Å². The number of hydrogen-bond acceptors (Lipinski definition) is 4. The van der Waals surface area contributed by atoms with Crippen LogP contribution in [0.5, 0.6) is 11.5 Å². The van der Waals surface area contributed by atoms with Gasteiger partial charge in [0.1, 0.15) is 5.92 Å². The van der Waals surface area contributed by atoms with Crippen LogP contribution in [0.4, 0.5) is 11.4 Å². The predicted molar refractivity (Wildman–Crippen MR) is 102 cm³/mol. The van der Waals surface area contributed by atoms with Gasteiger partial charge in [-0.2, -0.15) is 0 Å². The summed E-state index contributed by atoms with van der Waals surface area (Å²) in [6.07, 6.45) is 1.32. The summed E-state index contributed by atoms with van der Waals surface area (Å²) in [6, 6.07) is 13.1. The molecule has 1 fully saturated rings. The number of nitrogens with one attached hydrogen (secondary N) is 1. The Hall–Kier alpha value is -3.02. The molecule has 2 amide bonds. The van der Waals surface area contributed by atoms with E-state index in [9.17, 15) is 9.59 Å². The third kappa shape index (κ3) is 3.60. The first-order chi connectivity index (χ1) is 13.1. The first-order valence-corrected chi connectivity index (χ1v) is 9.20. The predicted octanol–water partition coefficient (Wildman–Crippen LogP) is 3.15. The van der Waals surface area contributed by atoms with E-state index in [4.69, 9.17) is 9.47 Å². The number of benzene rings is 2. The molecule has 2 heterocycles. The van der Waals surface area contributed by atoms with Gasteiger partial charge >= 0.3 is 0 Å². The zero-order valence-corrected chi connectivity index (χ0v) is 15.2. The van der Waals surface area contributed by atoms with Crippen LogP contribution in [0.15, 0.2) is 42.5 Å². The van der Waals surface area contributed by atoms with Gasteiger partial charge in [-0.15, -0.1) is 0 Å². The van der Waals surface area contributed by atoms with Gasteiger partial charge in [0, 0.05) is 30.4 Å². The Balaban J connectivity index is 1.45. The Kier molecular flexibility index (Phi) is 4.71. The molecule has 2 aromatic rings. The molecular weight excluding hydrogens is 344 g/mol. The minimum atomic E-state index is -0.678. The minimum absolute atomic E-state index is 0.161. The lowest BCUT2D eigenvalue weighted by Gasteiger charge is -2.17. The van der Waals surface area contributed by atoms with Crippen LogP contribution in [0.3, 0.4) is 0 Å². The van der Waals surface area contributed by atoms with E-state index in [0.29, 0.717) is 43.4 Å². The Labute approximate surface area is 158 Å². The molecule has 2 aliphatic heterocycles. The Morgan fingerprint density at radius 2 is 1.81 bits per heavy atom. The van der Waals surface area contributed by atoms with Gasteiger partial charge in [-0.25, -0.2) is 0 Å². The third-order valence-electron chi connectivity index (χ3n) is 4.88. The van der Waals surface area contributed by atoms with Crippen molar-refractivity contribution in [3.05, 3.63) is 48.0 Å². The van der Waals surface area contributed by atoms with E-state index in [1.165, 1.54) is 0 Å². The number of carbonyl (C=O) groups excluding carboxylic acids is 2. The summed E-state index contributed by atoms with van der Waals surface area (Å²) < 4.78 is 11.2. The van der Waals surface area contributed by atoms with E-state index in [2.05, 4.69) is 5.32 Å². The smallest absolute Gasteiger partial charge is 0.239 e. The van der Waals surface area contributed by atoms with Crippen molar-refractivity contribution in [1.82, 2.24) is 0 Å². The standard InChI is InChI=1S/C21H22N2O4/c1-14-3-6-16(7-4-14)23-10-9-17(21(23)25)20(24)22-15-5-8-18-19(13-15)27-12-2-11-26-18/h3-8,13,17H,2,9-12H2,1H3,(H,22,24)/t17-/m1/s1. The van der Waals surface area contributed by atoms with Gasteiger partial charge in [-0.1, -0.05) is 17.7 Å². The number of aryl methyl sites for hydroxylation is 1. The van der Waals surface area contributed by atoms with Gasteiger partial charge in [0.2, 0.25) is 11.8 Å². The van der Waals surface area contributed by atoms with E-state index in [1.54, 1.807) is 23.1 Å². The topological polar surface area (TPSA) is 67.9 Å². The van der Waals surface area contributed by atoms with Gasteiger partial charge in [0.15, 0.2) is 11.5 Å². The second kappa shape index (κ2) is 7.31. The van der Waals surface area contributed by atoms with E-state index in [-0.39, 0.29) is 11.8 Å². The van der Waals surface area contributed by atoms with Crippen LogP contribution >= 0.6 is 0 Å². The van der Waals surface area contributed by atoms with Crippen molar-refractivity contribution in [2.24, 2.45) is 5.92 Å². The fourth-order valence-corrected chi connectivity index (χ4v) is 3.37. The maximum Gasteiger partial charge on any atom is 0.239 e. The molecule has 140 valence electrons. The van der Waals surface area contributed by atoms with Crippen LogP contribution in [-0.2, 0) is 9.59 Å². The van der Waals surface area contributed by atoms with Crippen molar-refractivity contribution < 1.29 is 19.1 Å². The van der Waals surface area contributed by atoms with Gasteiger partial charge in [-0.05, 0) is 37.6 Å². The first-order valence-electron chi connectivity index (χ1n) is 9.20. The molecule has 4 rings (SSSR count). The number of fused-ring (bicyclic) bond motifs is 1. The summed E-state index contributed by atoms with van der Waals surface area (Å²) in [5.41, 5.74) is 2.57. The van der Waals surface area contributed by atoms with Crippen molar-refractivity contribution in [3.63, 3.8) is 0 Å². The van der Waals surface area contributed by atoms with E-state index in [0.717, 1.165) is 17.7 Å². The Morgan fingerprint density at radius 3 is 2.59 bits per heavy atom. The summed E-state index contributed by atoms with van der Waals surface area (Å²) in [6.45, 7) is 3.74. The number of amides is 2. The summed E-state index contributed by atoms with van der Waals surface area (Å²) in [7, 11) is 0. The van der Waals surface area contributed by atoms with Crippen LogP contribution in [0.1, 0.15) is 18.4 Å². The molecular formula is C21H22N2O4. The van der Waals surface area contributed by atoms with Crippen LogP contribution < -0.4 is 19.7 Å². The fraction of sp³-hybridized carbons (Fsp3) is 0.333. The zero-order valence-electron chi connectivity index (χ0n) is 15.2. The molecule has 0 aromatic heterocycles. The molecule has 1 atom stereocenters. The number of ether oxygens (including phenoxy) is 2. The molecule has 1 saturated heterocycles. The van der Waals surface area contributed by atoms with Gasteiger partial charge in [0.05, 0.1) is 13.2 Å². The number of anilines is 2. The van der Waals surface area contributed by atoms with Crippen LogP contribution in [0.25, 0.3) is 0 Å². The average Bonchev–Trinajstić information content (AvgIpc) is 2.90. The van der Waals surface area contributed by atoms with Crippen molar-refractivity contribution in [2.45, 2.75) is 19.8 Å². The van der Waals surface area contributed by atoms with Crippen LogP contribution in [-0.4, -0.2) is 31.6 Å². The van der Waals surface area contributed by atoms with Gasteiger partial charge in [0.25, 0.3) is 0 Å². The molecule has 0 spiro atoms. The molecule has 0 radical (unpaired) electrons. The highest BCUT2D eigenvalue weighted by atomic mass is 16.5. The lowest BCUT2D eigenvalue weighted by molar-refractivity contribution is -0.129. The number of hydrogen-bond donors (Lipinski definition) is 1. The third-order valence-corrected chi connectivity index (χ3v) is 4.88. The fourth-order valence-electron chi connectivity index (χ4n) is 3.37. The SMILES string of the molecule is Cc1ccc(N2CC[C@H](C(=O)Nc3ccc4c(c3)OCCCO4)C2=O)cc1. The lowest BCUT2D eigenvalue weighted by Crippen LogP contribution is -2.33. The van der Waals surface area contributed by atoms with E-state index >= 15 is 0 Å². The second-order valence-electron chi connectivity index (χ2n) is 6.87. The molecule has 0 bridgehead atoms. The molecule has 27 heavy (non-hydrogen) atoms. The Morgan fingerprint density at radius 1 is 1.07 bits per heavy atom. The van der Waals surface area contributed by atoms with Gasteiger partial charge in [-0.3, -0.25) is 9.59 Å². The normalized spacial score (nSPS) is 18.9.